The van der Waals surface area contributed by atoms with Crippen molar-refractivity contribution in [1.82, 2.24) is 14.4 Å². The van der Waals surface area contributed by atoms with Crippen molar-refractivity contribution in [3.63, 3.8) is 0 Å². The van der Waals surface area contributed by atoms with E-state index in [-0.39, 0.29) is 11.5 Å². The minimum absolute atomic E-state index is 0.167. The van der Waals surface area contributed by atoms with E-state index in [4.69, 9.17) is 4.74 Å². The maximum Gasteiger partial charge on any atom is 0.341 e. The Morgan fingerprint density at radius 2 is 2.07 bits per heavy atom. The highest BCUT2D eigenvalue weighted by Gasteiger charge is 2.21. The first kappa shape index (κ1) is 16.6. The molecule has 134 valence electrons. The zero-order chi connectivity index (χ0) is 19.0. The summed E-state index contributed by atoms with van der Waals surface area (Å²) in [7, 11) is 1.43. The molecule has 0 bridgehead atoms. The van der Waals surface area contributed by atoms with Crippen molar-refractivity contribution in [2.75, 3.05) is 12.4 Å². The van der Waals surface area contributed by atoms with E-state index >= 15 is 0 Å². The van der Waals surface area contributed by atoms with Gasteiger partial charge in [-0.3, -0.25) is 19.0 Å². The van der Waals surface area contributed by atoms with Gasteiger partial charge >= 0.3 is 6.04 Å². The number of aromatic nitrogens is 3. The van der Waals surface area contributed by atoms with Gasteiger partial charge in [0.25, 0.3) is 5.56 Å². The van der Waals surface area contributed by atoms with Crippen molar-refractivity contribution in [3.05, 3.63) is 70.8 Å². The van der Waals surface area contributed by atoms with Gasteiger partial charge in [-0.15, -0.1) is 0 Å². The highest BCUT2D eigenvalue weighted by Crippen LogP contribution is 2.24. The fourth-order valence-electron chi connectivity index (χ4n) is 2.85. The number of hydrogen-bond acceptors (Lipinski definition) is 6. The molecule has 0 radical (unpaired) electrons. The number of methoxy groups -OCH3 is 1. The Bertz CT molecular complexity index is 1250. The summed E-state index contributed by atoms with van der Waals surface area (Å²) >= 11 is 0. The van der Waals surface area contributed by atoms with Crippen LogP contribution in [-0.4, -0.2) is 27.5 Å². The van der Waals surface area contributed by atoms with Crippen molar-refractivity contribution in [3.8, 4) is 5.75 Å². The summed E-state index contributed by atoms with van der Waals surface area (Å²) in [4.78, 5) is 32.6. The Morgan fingerprint density at radius 3 is 2.85 bits per heavy atom. The first-order valence-corrected chi connectivity index (χ1v) is 7.99. The van der Waals surface area contributed by atoms with Gasteiger partial charge in [0.15, 0.2) is 22.8 Å². The maximum absolute atomic E-state index is 13.6. The minimum Gasteiger partial charge on any atom is -0.493 e. The molecular formula is C19H13FN4O3. The third kappa shape index (κ3) is 2.86. The van der Waals surface area contributed by atoms with Gasteiger partial charge in [-0.1, -0.05) is 6.07 Å². The molecule has 8 heteroatoms. The Morgan fingerprint density at radius 1 is 1.22 bits per heavy atom. The lowest BCUT2D eigenvalue weighted by Crippen LogP contribution is -2.24. The molecule has 0 atom stereocenters. The Kier molecular flexibility index (Phi) is 4.00. The third-order valence-electron chi connectivity index (χ3n) is 4.10. The van der Waals surface area contributed by atoms with Crippen LogP contribution in [0.25, 0.3) is 16.6 Å². The molecule has 0 amide bonds. The van der Waals surface area contributed by atoms with Gasteiger partial charge in [0.05, 0.1) is 12.6 Å². The number of nitrogens with one attached hydrogen (secondary N) is 1. The van der Waals surface area contributed by atoms with Crippen LogP contribution in [0, 0.1) is 0 Å². The number of carbonyl (C=O) groups excluding carboxylic acids is 1. The molecule has 4 aromatic rings. The van der Waals surface area contributed by atoms with Crippen LogP contribution in [0.3, 0.4) is 0 Å². The number of anilines is 2. The second-order valence-electron chi connectivity index (χ2n) is 5.72. The molecule has 0 aliphatic carbocycles. The number of pyridine rings is 2. The maximum atomic E-state index is 13.6. The van der Waals surface area contributed by atoms with Gasteiger partial charge in [0, 0.05) is 23.5 Å². The number of nitrogens with zero attached hydrogens (tertiary/aromatic N) is 3. The van der Waals surface area contributed by atoms with Crippen LogP contribution in [-0.2, 0) is 0 Å². The second-order valence-corrected chi connectivity index (χ2v) is 5.72. The molecule has 0 aliphatic rings. The minimum atomic E-state index is -1.87. The molecule has 0 saturated carbocycles. The van der Waals surface area contributed by atoms with E-state index < -0.39 is 17.2 Å². The van der Waals surface area contributed by atoms with Crippen molar-refractivity contribution in [2.45, 2.75) is 0 Å². The summed E-state index contributed by atoms with van der Waals surface area (Å²) in [6, 6.07) is 10.2. The first-order valence-electron chi connectivity index (χ1n) is 7.99. The molecule has 3 heterocycles. The van der Waals surface area contributed by atoms with Crippen LogP contribution >= 0.6 is 0 Å². The molecule has 0 spiro atoms. The standard InChI is InChI=1S/C19H13FN4O3/c1-27-14-5-3-9-24-18(14)23-17(15(16(20)25)19(24)26)22-12-6-7-13-11(10-12)4-2-8-21-13/h2-10,22H,1H3. The Balaban J connectivity index is 1.92. The van der Waals surface area contributed by atoms with Crippen LogP contribution in [0.15, 0.2) is 59.7 Å². The van der Waals surface area contributed by atoms with Crippen molar-refractivity contribution in [1.29, 1.82) is 0 Å². The fourth-order valence-corrected chi connectivity index (χ4v) is 2.85. The van der Waals surface area contributed by atoms with E-state index in [9.17, 15) is 14.0 Å². The third-order valence-corrected chi connectivity index (χ3v) is 4.10. The topological polar surface area (TPSA) is 85.6 Å². The second kappa shape index (κ2) is 6.49. The molecule has 0 aliphatic heterocycles. The summed E-state index contributed by atoms with van der Waals surface area (Å²) in [6.45, 7) is 0. The van der Waals surface area contributed by atoms with E-state index in [1.165, 1.54) is 13.3 Å². The molecule has 1 N–H and O–H groups in total. The molecule has 0 fully saturated rings. The summed E-state index contributed by atoms with van der Waals surface area (Å²) < 4.78 is 19.9. The van der Waals surface area contributed by atoms with Gasteiger partial charge in [0.1, 0.15) is 0 Å². The van der Waals surface area contributed by atoms with E-state index in [1.54, 1.807) is 42.6 Å². The lowest BCUT2D eigenvalue weighted by Gasteiger charge is -2.12. The molecule has 7 nitrogen and oxygen atoms in total. The monoisotopic (exact) mass is 364 g/mol. The number of carbonyl (C=O) groups is 1. The Labute approximate surface area is 152 Å². The fraction of sp³-hybridized carbons (Fsp3) is 0.0526. The van der Waals surface area contributed by atoms with Crippen LogP contribution in [0.1, 0.15) is 10.4 Å². The van der Waals surface area contributed by atoms with Gasteiger partial charge in [-0.05, 0) is 36.4 Å². The van der Waals surface area contributed by atoms with E-state index in [0.29, 0.717) is 11.4 Å². The number of ether oxygens (including phenoxy) is 1. The zero-order valence-corrected chi connectivity index (χ0v) is 14.1. The average Bonchev–Trinajstić information content (AvgIpc) is 2.67. The highest BCUT2D eigenvalue weighted by molar-refractivity contribution is 5.95. The molecule has 1 aromatic carbocycles. The van der Waals surface area contributed by atoms with Gasteiger partial charge in [-0.25, -0.2) is 4.98 Å². The number of fused-ring (bicyclic) bond motifs is 2. The normalized spacial score (nSPS) is 10.9. The predicted octanol–water partition coefficient (Wildman–Crippen LogP) is 3.10. The number of rotatable bonds is 4. The van der Waals surface area contributed by atoms with Crippen molar-refractivity contribution < 1.29 is 13.9 Å². The lowest BCUT2D eigenvalue weighted by molar-refractivity contribution is 0.0834. The summed E-state index contributed by atoms with van der Waals surface area (Å²) in [5, 5.41) is 3.70. The first-order chi connectivity index (χ1) is 13.1. The van der Waals surface area contributed by atoms with E-state index in [2.05, 4.69) is 15.3 Å². The van der Waals surface area contributed by atoms with Gasteiger partial charge < -0.3 is 10.1 Å². The van der Waals surface area contributed by atoms with Crippen LogP contribution in [0.4, 0.5) is 15.9 Å². The summed E-state index contributed by atoms with van der Waals surface area (Å²) in [5.41, 5.74) is -0.0226. The number of benzene rings is 1. The van der Waals surface area contributed by atoms with Crippen LogP contribution < -0.4 is 15.6 Å². The summed E-state index contributed by atoms with van der Waals surface area (Å²) in [6.07, 6.45) is 3.07. The molecule has 0 unspecified atom stereocenters. The smallest absolute Gasteiger partial charge is 0.341 e. The van der Waals surface area contributed by atoms with E-state index in [0.717, 1.165) is 15.3 Å². The van der Waals surface area contributed by atoms with Crippen molar-refractivity contribution in [2.24, 2.45) is 0 Å². The molecule has 3 aromatic heterocycles. The quantitative estimate of drug-likeness (QED) is 0.560. The van der Waals surface area contributed by atoms with Crippen LogP contribution in [0.2, 0.25) is 0 Å². The average molecular weight is 364 g/mol. The molecule has 27 heavy (non-hydrogen) atoms. The van der Waals surface area contributed by atoms with E-state index in [1.807, 2.05) is 6.07 Å². The lowest BCUT2D eigenvalue weighted by atomic mass is 10.2. The van der Waals surface area contributed by atoms with Crippen molar-refractivity contribution >= 4 is 34.1 Å². The predicted molar refractivity (Wildman–Crippen MR) is 98.5 cm³/mol. The van der Waals surface area contributed by atoms with Gasteiger partial charge in [0.2, 0.25) is 0 Å². The number of halogens is 1. The van der Waals surface area contributed by atoms with Gasteiger partial charge in [-0.2, -0.15) is 4.39 Å². The molecule has 4 rings (SSSR count). The SMILES string of the molecule is COc1cccn2c(=O)c(C(=O)F)c(Nc3ccc4ncccc4c3)nc12. The van der Waals surface area contributed by atoms with Crippen LogP contribution in [0.5, 0.6) is 5.75 Å². The number of hydrogen-bond donors (Lipinski definition) is 1. The zero-order valence-electron chi connectivity index (χ0n) is 14.1. The summed E-state index contributed by atoms with van der Waals surface area (Å²) in [5.74, 6) is 0.137. The highest BCUT2D eigenvalue weighted by atomic mass is 19.1. The Hall–Kier alpha value is -3.81. The molecule has 0 saturated heterocycles. The molecular weight excluding hydrogens is 351 g/mol. The largest absolute Gasteiger partial charge is 0.493 e.